The molecule has 0 nitrogen and oxygen atoms in total. The molecule has 1 aromatic rings. The lowest BCUT2D eigenvalue weighted by molar-refractivity contribution is 0.728. The van der Waals surface area contributed by atoms with Crippen LogP contribution in [0.5, 0.6) is 0 Å². The maximum atomic E-state index is 2.25. The lowest BCUT2D eigenvalue weighted by Crippen LogP contribution is -1.87. The van der Waals surface area contributed by atoms with Crippen molar-refractivity contribution in [2.45, 2.75) is 32.6 Å². The Morgan fingerprint density at radius 1 is 0.941 bits per heavy atom. The van der Waals surface area contributed by atoms with Crippen molar-refractivity contribution >= 4 is 0 Å². The van der Waals surface area contributed by atoms with Crippen molar-refractivity contribution in [3.63, 3.8) is 0 Å². The average molecular weight is 224 g/mol. The van der Waals surface area contributed by atoms with E-state index in [-0.39, 0.29) is 0 Å². The fourth-order valence-electron chi connectivity index (χ4n) is 2.17. The van der Waals surface area contributed by atoms with Gasteiger partial charge in [0.2, 0.25) is 0 Å². The Labute approximate surface area is 104 Å². The first-order valence-corrected chi connectivity index (χ1v) is 6.45. The first kappa shape index (κ1) is 11.9. The molecule has 2 rings (SSSR count). The van der Waals surface area contributed by atoms with Gasteiger partial charge in [-0.25, -0.2) is 0 Å². The Bertz CT molecular complexity index is 418. The van der Waals surface area contributed by atoms with Crippen LogP contribution in [0, 0.1) is 0 Å². The van der Waals surface area contributed by atoms with Crippen LogP contribution in [-0.2, 0) is 6.42 Å². The number of hydrogen-bond donors (Lipinski definition) is 0. The van der Waals surface area contributed by atoms with Crippen molar-refractivity contribution in [2.75, 3.05) is 0 Å². The summed E-state index contributed by atoms with van der Waals surface area (Å²) in [5.41, 5.74) is 4.38. The lowest BCUT2D eigenvalue weighted by Gasteiger charge is -2.04. The van der Waals surface area contributed by atoms with Crippen LogP contribution in [0.2, 0.25) is 0 Å². The maximum Gasteiger partial charge on any atom is -0.0267 e. The number of rotatable bonds is 5. The number of benzene rings is 1. The summed E-state index contributed by atoms with van der Waals surface area (Å²) in [5, 5.41) is 0. The minimum Gasteiger partial charge on any atom is -0.0661 e. The molecule has 0 spiro atoms. The van der Waals surface area contributed by atoms with Gasteiger partial charge < -0.3 is 0 Å². The Morgan fingerprint density at radius 3 is 2.35 bits per heavy atom. The third-order valence-corrected chi connectivity index (χ3v) is 3.27. The second-order valence-corrected chi connectivity index (χ2v) is 4.65. The molecule has 1 aromatic carbocycles. The van der Waals surface area contributed by atoms with E-state index in [0.29, 0.717) is 0 Å². The summed E-state index contributed by atoms with van der Waals surface area (Å²) in [6.07, 6.45) is 13.6. The van der Waals surface area contributed by atoms with Gasteiger partial charge in [0, 0.05) is 0 Å². The Morgan fingerprint density at radius 2 is 1.65 bits per heavy atom. The summed E-state index contributed by atoms with van der Waals surface area (Å²) in [5.74, 6) is 0. The first-order valence-electron chi connectivity index (χ1n) is 6.45. The molecule has 0 aliphatic heterocycles. The third kappa shape index (κ3) is 3.74. The molecule has 0 bridgehead atoms. The molecule has 0 N–H and O–H groups in total. The summed E-state index contributed by atoms with van der Waals surface area (Å²) in [7, 11) is 0. The van der Waals surface area contributed by atoms with E-state index in [1.807, 2.05) is 0 Å². The highest BCUT2D eigenvalue weighted by Gasteiger charge is 1.99. The molecular formula is C17H20. The lowest BCUT2D eigenvalue weighted by atomic mass is 10.0. The van der Waals surface area contributed by atoms with Gasteiger partial charge in [-0.2, -0.15) is 0 Å². The highest BCUT2D eigenvalue weighted by atomic mass is 14.0. The van der Waals surface area contributed by atoms with Crippen LogP contribution in [0.25, 0.3) is 0 Å². The van der Waals surface area contributed by atoms with E-state index >= 15 is 0 Å². The fraction of sp³-hybridized carbons (Fsp3) is 0.294. The fourth-order valence-corrected chi connectivity index (χ4v) is 2.17. The van der Waals surface area contributed by atoms with Crippen molar-refractivity contribution in [1.29, 1.82) is 0 Å². The summed E-state index contributed by atoms with van der Waals surface area (Å²) < 4.78 is 0. The van der Waals surface area contributed by atoms with Crippen molar-refractivity contribution < 1.29 is 0 Å². The summed E-state index contributed by atoms with van der Waals surface area (Å²) in [4.78, 5) is 0. The van der Waals surface area contributed by atoms with E-state index in [4.69, 9.17) is 0 Å². The van der Waals surface area contributed by atoms with E-state index in [1.165, 1.54) is 42.4 Å². The third-order valence-electron chi connectivity index (χ3n) is 3.27. The van der Waals surface area contributed by atoms with Crippen LogP contribution < -0.4 is 0 Å². The Balaban J connectivity index is 1.72. The van der Waals surface area contributed by atoms with E-state index in [2.05, 4.69) is 61.6 Å². The van der Waals surface area contributed by atoms with Crippen LogP contribution in [0.15, 0.2) is 65.8 Å². The highest BCUT2D eigenvalue weighted by molar-refractivity contribution is 5.42. The molecule has 17 heavy (non-hydrogen) atoms. The maximum absolute atomic E-state index is 2.25. The van der Waals surface area contributed by atoms with Gasteiger partial charge in [0.15, 0.2) is 0 Å². The number of aryl methyl sites for hydroxylation is 1. The molecule has 0 heterocycles. The second-order valence-electron chi connectivity index (χ2n) is 4.65. The Kier molecular flexibility index (Phi) is 4.37. The predicted molar refractivity (Wildman–Crippen MR) is 75.0 cm³/mol. The smallest absolute Gasteiger partial charge is 0.0267 e. The van der Waals surface area contributed by atoms with Crippen molar-refractivity contribution in [3.8, 4) is 0 Å². The molecule has 0 radical (unpaired) electrons. The summed E-state index contributed by atoms with van der Waals surface area (Å²) in [6, 6.07) is 10.8. The van der Waals surface area contributed by atoms with E-state index < -0.39 is 0 Å². The predicted octanol–water partition coefficient (Wildman–Crippen LogP) is 4.84. The van der Waals surface area contributed by atoms with Crippen LogP contribution in [0.4, 0.5) is 0 Å². The molecule has 0 fully saturated rings. The van der Waals surface area contributed by atoms with Crippen LogP contribution in [0.3, 0.4) is 0 Å². The van der Waals surface area contributed by atoms with Gasteiger partial charge in [0.05, 0.1) is 0 Å². The van der Waals surface area contributed by atoms with Gasteiger partial charge in [-0.3, -0.25) is 0 Å². The van der Waals surface area contributed by atoms with Gasteiger partial charge in [-0.15, -0.1) is 0 Å². The van der Waals surface area contributed by atoms with E-state index in [0.717, 1.165) is 0 Å². The summed E-state index contributed by atoms with van der Waals surface area (Å²) in [6.45, 7) is 2.25. The zero-order chi connectivity index (χ0) is 11.9. The first-order chi connectivity index (χ1) is 8.36. The van der Waals surface area contributed by atoms with Gasteiger partial charge in [0.1, 0.15) is 0 Å². The van der Waals surface area contributed by atoms with E-state index in [9.17, 15) is 0 Å². The normalized spacial score (nSPS) is 13.4. The monoisotopic (exact) mass is 224 g/mol. The number of allylic oxidation sites excluding steroid dienone is 6. The molecule has 0 saturated heterocycles. The number of unbranched alkanes of at least 4 members (excludes halogenated alkanes) is 1. The van der Waals surface area contributed by atoms with Crippen molar-refractivity contribution in [2.24, 2.45) is 0 Å². The molecule has 1 aliphatic rings. The topological polar surface area (TPSA) is 0 Å². The highest BCUT2D eigenvalue weighted by Crippen LogP contribution is 2.18. The summed E-state index contributed by atoms with van der Waals surface area (Å²) >= 11 is 0. The SMILES string of the molecule is CC(CCCCc1ccccc1)=C1C=CC=C1. The molecule has 0 atom stereocenters. The van der Waals surface area contributed by atoms with Gasteiger partial charge in [-0.1, -0.05) is 60.2 Å². The van der Waals surface area contributed by atoms with E-state index in [1.54, 1.807) is 0 Å². The van der Waals surface area contributed by atoms with Gasteiger partial charge >= 0.3 is 0 Å². The zero-order valence-electron chi connectivity index (χ0n) is 10.5. The molecule has 1 aliphatic carbocycles. The van der Waals surface area contributed by atoms with Gasteiger partial charge in [0.25, 0.3) is 0 Å². The quantitative estimate of drug-likeness (QED) is 0.628. The minimum absolute atomic E-state index is 1.20. The molecule has 0 unspecified atom stereocenters. The zero-order valence-corrected chi connectivity index (χ0v) is 10.5. The van der Waals surface area contributed by atoms with Crippen LogP contribution in [-0.4, -0.2) is 0 Å². The standard InChI is InChI=1S/C17H20/c1-15(17-13-7-8-14-17)9-5-6-12-16-10-3-2-4-11-16/h2-4,7-8,10-11,13-14H,5-6,9,12H2,1H3. The van der Waals surface area contributed by atoms with Crippen LogP contribution in [0.1, 0.15) is 31.7 Å². The molecule has 0 amide bonds. The van der Waals surface area contributed by atoms with Crippen molar-refractivity contribution in [3.05, 3.63) is 71.3 Å². The molecular weight excluding hydrogens is 204 g/mol. The minimum atomic E-state index is 1.20. The van der Waals surface area contributed by atoms with Crippen LogP contribution >= 0.6 is 0 Å². The molecule has 88 valence electrons. The molecule has 0 heteroatoms. The average Bonchev–Trinajstić information content (AvgIpc) is 2.89. The van der Waals surface area contributed by atoms with Crippen molar-refractivity contribution in [1.82, 2.24) is 0 Å². The largest absolute Gasteiger partial charge is 0.0661 e. The van der Waals surface area contributed by atoms with Gasteiger partial charge in [-0.05, 0) is 43.7 Å². The molecule has 0 saturated carbocycles. The molecule has 0 aromatic heterocycles. The number of hydrogen-bond acceptors (Lipinski definition) is 0. The second kappa shape index (κ2) is 6.24. The Hall–Kier alpha value is -1.56.